The Bertz CT molecular complexity index is 1290. The molecule has 0 saturated heterocycles. The number of aliphatic hydroxyl groups excluding tert-OH is 3. The van der Waals surface area contributed by atoms with E-state index in [0.717, 1.165) is 0 Å². The highest BCUT2D eigenvalue weighted by molar-refractivity contribution is 5.89. The Morgan fingerprint density at radius 3 is 2.12 bits per heavy atom. The normalized spacial score (nSPS) is 40.4. The van der Waals surface area contributed by atoms with Crippen LogP contribution in [0.5, 0.6) is 0 Å². The van der Waals surface area contributed by atoms with Gasteiger partial charge in [-0.05, 0) is 49.0 Å². The number of ether oxygens (including phenoxy) is 3. The summed E-state index contributed by atoms with van der Waals surface area (Å²) in [6.45, 7) is 12.7. The van der Waals surface area contributed by atoms with E-state index in [9.17, 15) is 34.8 Å². The number of fused-ring (bicyclic) bond motifs is 3. The van der Waals surface area contributed by atoms with Crippen molar-refractivity contribution >= 4 is 17.9 Å². The second-order valence-electron chi connectivity index (χ2n) is 13.4. The third kappa shape index (κ3) is 4.90. The molecule has 4 N–H and O–H groups in total. The molecule has 2 saturated carbocycles. The third-order valence-corrected chi connectivity index (χ3v) is 11.0. The predicted molar refractivity (Wildman–Crippen MR) is 155 cm³/mol. The van der Waals surface area contributed by atoms with Crippen molar-refractivity contribution in [3.8, 4) is 0 Å². The fourth-order valence-corrected chi connectivity index (χ4v) is 8.46. The van der Waals surface area contributed by atoms with Crippen molar-refractivity contribution < 1.29 is 49.0 Å². The molecule has 0 aliphatic heterocycles. The minimum Gasteiger partial charge on any atom is -0.456 e. The summed E-state index contributed by atoms with van der Waals surface area (Å²) in [5, 5.41) is 48.6. The molecule has 0 amide bonds. The number of esters is 3. The molecule has 2 bridgehead atoms. The van der Waals surface area contributed by atoms with E-state index in [1.807, 2.05) is 6.92 Å². The van der Waals surface area contributed by atoms with Gasteiger partial charge in [0.15, 0.2) is 6.10 Å². The maximum Gasteiger partial charge on any atom is 0.338 e. The summed E-state index contributed by atoms with van der Waals surface area (Å²) in [7, 11) is 0. The lowest BCUT2D eigenvalue weighted by Crippen LogP contribution is -2.77. The minimum atomic E-state index is -2.05. The van der Waals surface area contributed by atoms with Gasteiger partial charge < -0.3 is 34.6 Å². The molecule has 2 fully saturated rings. The predicted octanol–water partition coefficient (Wildman–Crippen LogP) is 3.09. The van der Waals surface area contributed by atoms with Crippen LogP contribution in [0.1, 0.15) is 85.0 Å². The second kappa shape index (κ2) is 11.3. The Kier molecular flexibility index (Phi) is 8.69. The molecular weight excluding hydrogens is 556 g/mol. The first-order chi connectivity index (χ1) is 19.9. The Labute approximate surface area is 253 Å². The van der Waals surface area contributed by atoms with Gasteiger partial charge in [0, 0.05) is 37.0 Å². The van der Waals surface area contributed by atoms with Crippen LogP contribution in [0.2, 0.25) is 0 Å². The number of rotatable bonds is 5. The summed E-state index contributed by atoms with van der Waals surface area (Å²) in [4.78, 5) is 39.1. The Hall–Kier alpha value is -2.79. The first-order valence-electron chi connectivity index (χ1n) is 15.0. The molecule has 238 valence electrons. The van der Waals surface area contributed by atoms with Gasteiger partial charge in [-0.2, -0.15) is 0 Å². The van der Waals surface area contributed by atoms with Gasteiger partial charge in [-0.25, -0.2) is 4.79 Å². The lowest BCUT2D eigenvalue weighted by molar-refractivity contribution is -0.302. The summed E-state index contributed by atoms with van der Waals surface area (Å²) >= 11 is 0. The van der Waals surface area contributed by atoms with Crippen LogP contribution in [0.4, 0.5) is 0 Å². The number of carbonyl (C=O) groups excluding carboxylic acids is 3. The van der Waals surface area contributed by atoms with E-state index in [0.29, 0.717) is 11.1 Å². The van der Waals surface area contributed by atoms with E-state index in [1.54, 1.807) is 65.0 Å². The van der Waals surface area contributed by atoms with Crippen molar-refractivity contribution in [2.75, 3.05) is 0 Å². The van der Waals surface area contributed by atoms with Crippen LogP contribution in [0.15, 0.2) is 41.5 Å². The van der Waals surface area contributed by atoms with Crippen molar-refractivity contribution in [1.29, 1.82) is 0 Å². The Morgan fingerprint density at radius 1 is 0.977 bits per heavy atom. The van der Waals surface area contributed by atoms with E-state index in [2.05, 4.69) is 0 Å². The fourth-order valence-electron chi connectivity index (χ4n) is 8.46. The Balaban J connectivity index is 2.14. The highest BCUT2D eigenvalue weighted by Gasteiger charge is 2.74. The van der Waals surface area contributed by atoms with Crippen LogP contribution in [-0.2, 0) is 23.8 Å². The van der Waals surface area contributed by atoms with E-state index < -0.39 is 82.3 Å². The largest absolute Gasteiger partial charge is 0.456 e. The summed E-state index contributed by atoms with van der Waals surface area (Å²) in [6, 6.07) is 8.20. The van der Waals surface area contributed by atoms with Crippen molar-refractivity contribution in [2.45, 2.75) is 116 Å². The highest BCUT2D eigenvalue weighted by atomic mass is 16.6. The van der Waals surface area contributed by atoms with E-state index in [4.69, 9.17) is 14.2 Å². The van der Waals surface area contributed by atoms with Crippen LogP contribution in [0, 0.1) is 22.7 Å². The summed E-state index contributed by atoms with van der Waals surface area (Å²) in [5.41, 5.74) is -5.56. The molecule has 1 aromatic carbocycles. The minimum absolute atomic E-state index is 0.0475. The molecule has 3 aliphatic rings. The maximum absolute atomic E-state index is 13.8. The molecule has 3 aliphatic carbocycles. The van der Waals surface area contributed by atoms with Crippen molar-refractivity contribution in [2.24, 2.45) is 22.7 Å². The number of hydrogen-bond donors (Lipinski definition) is 4. The topological polar surface area (TPSA) is 160 Å². The number of aliphatic hydroxyl groups is 4. The summed E-state index contributed by atoms with van der Waals surface area (Å²) in [6.07, 6.45) is -6.95. The Morgan fingerprint density at radius 2 is 1.58 bits per heavy atom. The molecular formula is C33H46O10. The molecule has 10 nitrogen and oxygen atoms in total. The number of carbonyl (C=O) groups is 3. The average Bonchev–Trinajstić information content (AvgIpc) is 2.92. The molecule has 43 heavy (non-hydrogen) atoms. The van der Waals surface area contributed by atoms with Gasteiger partial charge in [-0.3, -0.25) is 9.59 Å². The monoisotopic (exact) mass is 602 g/mol. The molecule has 0 spiro atoms. The van der Waals surface area contributed by atoms with Crippen molar-refractivity contribution in [1.82, 2.24) is 0 Å². The highest BCUT2D eigenvalue weighted by Crippen LogP contribution is 2.65. The van der Waals surface area contributed by atoms with Crippen molar-refractivity contribution in [3.63, 3.8) is 0 Å². The van der Waals surface area contributed by atoms with E-state index in [-0.39, 0.29) is 24.8 Å². The fraction of sp³-hybridized carbons (Fsp3) is 0.667. The lowest BCUT2D eigenvalue weighted by atomic mass is 9.43. The smallest absolute Gasteiger partial charge is 0.338 e. The molecule has 10 heteroatoms. The number of hydrogen-bond acceptors (Lipinski definition) is 10. The van der Waals surface area contributed by atoms with Gasteiger partial charge in [0.2, 0.25) is 0 Å². The lowest BCUT2D eigenvalue weighted by Gasteiger charge is -2.67. The van der Waals surface area contributed by atoms with Gasteiger partial charge in [0.05, 0.1) is 17.8 Å². The van der Waals surface area contributed by atoms with Crippen LogP contribution in [-0.4, -0.2) is 80.1 Å². The van der Waals surface area contributed by atoms with Gasteiger partial charge in [0.25, 0.3) is 0 Å². The van der Waals surface area contributed by atoms with Gasteiger partial charge >= 0.3 is 17.9 Å². The zero-order chi connectivity index (χ0) is 32.3. The molecule has 0 heterocycles. The third-order valence-electron chi connectivity index (χ3n) is 11.0. The first kappa shape index (κ1) is 33.1. The molecule has 2 unspecified atom stereocenters. The molecule has 0 radical (unpaired) electrons. The van der Waals surface area contributed by atoms with E-state index in [1.165, 1.54) is 13.8 Å². The van der Waals surface area contributed by atoms with Gasteiger partial charge in [0.1, 0.15) is 23.4 Å². The first-order valence-corrected chi connectivity index (χ1v) is 15.0. The summed E-state index contributed by atoms with van der Waals surface area (Å²) < 4.78 is 18.2. The van der Waals surface area contributed by atoms with Gasteiger partial charge in [-0.15, -0.1) is 0 Å². The van der Waals surface area contributed by atoms with Crippen LogP contribution in [0.3, 0.4) is 0 Å². The zero-order valence-electron chi connectivity index (χ0n) is 26.3. The molecule has 0 aromatic heterocycles. The molecule has 4 rings (SSSR count). The van der Waals surface area contributed by atoms with Crippen LogP contribution < -0.4 is 0 Å². The van der Waals surface area contributed by atoms with Crippen LogP contribution >= 0.6 is 0 Å². The van der Waals surface area contributed by atoms with Crippen molar-refractivity contribution in [3.05, 3.63) is 47.0 Å². The standard InChI is InChI=1S/C33H46O10/c1-9-32(43-20(5)35)23(37)15-17(2)31(8)26(32)28(42-29(39)21-13-11-10-12-14-21)33(40)16-22(36)18(3)24(30(33,6)7)25(27(31)38)41-19(4)34/h10-14,17,22-23,25-28,36-38,40H,9,15-16H2,1-8H3/t17-,22-,23+,25+,26?,27+,28?,31+,32-,33+/m0/s1. The molecule has 1 aromatic rings. The maximum atomic E-state index is 13.8. The van der Waals surface area contributed by atoms with E-state index >= 15 is 0 Å². The van der Waals surface area contributed by atoms with Gasteiger partial charge in [-0.1, -0.05) is 52.8 Å². The van der Waals surface area contributed by atoms with Crippen LogP contribution in [0.25, 0.3) is 0 Å². The molecule has 10 atom stereocenters. The zero-order valence-corrected chi connectivity index (χ0v) is 26.3. The second-order valence-corrected chi connectivity index (χ2v) is 13.4. The SMILES string of the molecule is CC[C@@]1(OC(C)=O)C2C(OC(=O)c3ccccc3)[C@]3(O)C[C@H](O)C(C)=C([C@@H](OC(C)=O)[C@@H](O)[C@]2(C)[C@@H](C)C[C@H]1O)C3(C)C. The quantitative estimate of drug-likeness (QED) is 0.224. The number of benzene rings is 1. The average molecular weight is 603 g/mol. The summed E-state index contributed by atoms with van der Waals surface area (Å²) in [5.74, 6) is -3.88.